The summed E-state index contributed by atoms with van der Waals surface area (Å²) in [6.45, 7) is 4.16. The first-order chi connectivity index (χ1) is 11.0. The SMILES string of the molecule is CCC(C)c1ccccc1NC(=O)C(=O)Nc1cccc(Cl)c1. The van der Waals surface area contributed by atoms with Crippen molar-refractivity contribution in [1.82, 2.24) is 0 Å². The van der Waals surface area contributed by atoms with Crippen molar-refractivity contribution in [2.24, 2.45) is 0 Å². The molecule has 0 aliphatic heterocycles. The Hall–Kier alpha value is -2.33. The van der Waals surface area contributed by atoms with Gasteiger partial charge in [0.1, 0.15) is 0 Å². The van der Waals surface area contributed by atoms with Crippen molar-refractivity contribution in [2.75, 3.05) is 10.6 Å². The smallest absolute Gasteiger partial charge is 0.314 e. The van der Waals surface area contributed by atoms with Crippen LogP contribution in [0.1, 0.15) is 31.7 Å². The Morgan fingerprint density at radius 1 is 1.04 bits per heavy atom. The first-order valence-electron chi connectivity index (χ1n) is 7.48. The number of benzene rings is 2. The molecule has 2 amide bonds. The minimum atomic E-state index is -0.730. The van der Waals surface area contributed by atoms with Gasteiger partial charge in [0.2, 0.25) is 0 Å². The zero-order valence-electron chi connectivity index (χ0n) is 13.1. The molecular formula is C18H19ClN2O2. The Morgan fingerprint density at radius 3 is 2.43 bits per heavy atom. The fourth-order valence-electron chi connectivity index (χ4n) is 2.19. The average molecular weight is 331 g/mol. The predicted molar refractivity (Wildman–Crippen MR) is 93.9 cm³/mol. The fraction of sp³-hybridized carbons (Fsp3) is 0.222. The highest BCUT2D eigenvalue weighted by Gasteiger charge is 2.17. The third kappa shape index (κ3) is 4.57. The molecule has 2 aromatic carbocycles. The summed E-state index contributed by atoms with van der Waals surface area (Å²) in [5, 5.41) is 5.70. The molecule has 2 aromatic rings. The predicted octanol–water partition coefficient (Wildman–Crippen LogP) is 4.43. The Morgan fingerprint density at radius 2 is 1.74 bits per heavy atom. The van der Waals surface area contributed by atoms with E-state index in [1.165, 1.54) is 0 Å². The van der Waals surface area contributed by atoms with Crippen molar-refractivity contribution >= 4 is 34.8 Å². The zero-order valence-corrected chi connectivity index (χ0v) is 13.9. The van der Waals surface area contributed by atoms with Crippen molar-refractivity contribution in [3.63, 3.8) is 0 Å². The van der Waals surface area contributed by atoms with Gasteiger partial charge >= 0.3 is 11.8 Å². The van der Waals surface area contributed by atoms with Gasteiger partial charge in [-0.05, 0) is 42.2 Å². The highest BCUT2D eigenvalue weighted by atomic mass is 35.5. The van der Waals surface area contributed by atoms with Crippen LogP contribution in [-0.2, 0) is 9.59 Å². The Labute approximate surface area is 140 Å². The van der Waals surface area contributed by atoms with Crippen LogP contribution in [-0.4, -0.2) is 11.8 Å². The van der Waals surface area contributed by atoms with E-state index in [1.54, 1.807) is 30.3 Å². The van der Waals surface area contributed by atoms with Crippen LogP contribution < -0.4 is 10.6 Å². The van der Waals surface area contributed by atoms with Gasteiger partial charge in [0.05, 0.1) is 0 Å². The van der Waals surface area contributed by atoms with Gasteiger partial charge in [0.25, 0.3) is 0 Å². The summed E-state index contributed by atoms with van der Waals surface area (Å²) in [6.07, 6.45) is 0.946. The highest BCUT2D eigenvalue weighted by molar-refractivity contribution is 6.43. The molecule has 0 saturated heterocycles. The number of rotatable bonds is 4. The first kappa shape index (κ1) is 17.0. The molecule has 4 nitrogen and oxygen atoms in total. The van der Waals surface area contributed by atoms with Crippen molar-refractivity contribution in [3.8, 4) is 0 Å². The Bertz CT molecular complexity index is 716. The summed E-state index contributed by atoms with van der Waals surface area (Å²) in [5.41, 5.74) is 2.15. The van der Waals surface area contributed by atoms with Crippen LogP contribution in [0.2, 0.25) is 5.02 Å². The molecule has 1 atom stereocenters. The van der Waals surface area contributed by atoms with E-state index in [-0.39, 0.29) is 0 Å². The van der Waals surface area contributed by atoms with E-state index in [1.807, 2.05) is 18.2 Å². The largest absolute Gasteiger partial charge is 0.318 e. The average Bonchev–Trinajstić information content (AvgIpc) is 2.54. The van der Waals surface area contributed by atoms with Crippen LogP contribution in [0.15, 0.2) is 48.5 Å². The monoisotopic (exact) mass is 330 g/mol. The Balaban J connectivity index is 2.08. The van der Waals surface area contributed by atoms with Crippen LogP contribution in [0.25, 0.3) is 0 Å². The Kier molecular flexibility index (Phi) is 5.77. The summed E-state index contributed by atoms with van der Waals surface area (Å²) < 4.78 is 0. The molecule has 0 aliphatic carbocycles. The lowest BCUT2D eigenvalue weighted by Crippen LogP contribution is -2.29. The number of nitrogens with one attached hydrogen (secondary N) is 2. The van der Waals surface area contributed by atoms with Crippen molar-refractivity contribution in [3.05, 3.63) is 59.1 Å². The van der Waals surface area contributed by atoms with E-state index in [0.29, 0.717) is 22.3 Å². The molecule has 0 bridgehead atoms. The number of hydrogen-bond donors (Lipinski definition) is 2. The lowest BCUT2D eigenvalue weighted by Gasteiger charge is -2.15. The second-order valence-corrected chi connectivity index (χ2v) is 5.75. The molecule has 2 rings (SSSR count). The van der Waals surface area contributed by atoms with E-state index >= 15 is 0 Å². The van der Waals surface area contributed by atoms with Gasteiger partial charge in [-0.3, -0.25) is 9.59 Å². The minimum Gasteiger partial charge on any atom is -0.318 e. The van der Waals surface area contributed by atoms with Crippen molar-refractivity contribution in [1.29, 1.82) is 0 Å². The summed E-state index contributed by atoms with van der Waals surface area (Å²) >= 11 is 5.86. The van der Waals surface area contributed by atoms with Gasteiger partial charge in [-0.1, -0.05) is 49.7 Å². The van der Waals surface area contributed by atoms with Crippen LogP contribution in [0.5, 0.6) is 0 Å². The lowest BCUT2D eigenvalue weighted by molar-refractivity contribution is -0.133. The first-order valence-corrected chi connectivity index (χ1v) is 7.86. The molecular weight excluding hydrogens is 312 g/mol. The maximum absolute atomic E-state index is 12.1. The molecule has 2 N–H and O–H groups in total. The number of carbonyl (C=O) groups is 2. The number of amides is 2. The molecule has 0 radical (unpaired) electrons. The molecule has 0 heterocycles. The van der Waals surface area contributed by atoms with Crippen LogP contribution in [0, 0.1) is 0 Å². The third-order valence-electron chi connectivity index (χ3n) is 3.64. The standard InChI is InChI=1S/C18H19ClN2O2/c1-3-12(2)15-9-4-5-10-16(15)21-18(23)17(22)20-14-8-6-7-13(19)11-14/h4-12H,3H2,1-2H3,(H,20,22)(H,21,23). The number of hydrogen-bond acceptors (Lipinski definition) is 2. The lowest BCUT2D eigenvalue weighted by atomic mass is 9.97. The van der Waals surface area contributed by atoms with E-state index in [9.17, 15) is 9.59 Å². The van der Waals surface area contributed by atoms with Gasteiger partial charge in [-0.15, -0.1) is 0 Å². The van der Waals surface area contributed by atoms with Gasteiger partial charge in [-0.2, -0.15) is 0 Å². The van der Waals surface area contributed by atoms with Crippen LogP contribution in [0.4, 0.5) is 11.4 Å². The third-order valence-corrected chi connectivity index (χ3v) is 3.88. The molecule has 120 valence electrons. The van der Waals surface area contributed by atoms with Gasteiger partial charge in [-0.25, -0.2) is 0 Å². The van der Waals surface area contributed by atoms with E-state index in [0.717, 1.165) is 12.0 Å². The second-order valence-electron chi connectivity index (χ2n) is 5.32. The summed E-state index contributed by atoms with van der Waals surface area (Å²) in [6, 6.07) is 14.2. The molecule has 0 fully saturated rings. The summed E-state index contributed by atoms with van der Waals surface area (Å²) in [4.78, 5) is 24.1. The maximum Gasteiger partial charge on any atom is 0.314 e. The summed E-state index contributed by atoms with van der Waals surface area (Å²) in [5.74, 6) is -1.14. The molecule has 0 saturated carbocycles. The maximum atomic E-state index is 12.1. The van der Waals surface area contributed by atoms with E-state index in [2.05, 4.69) is 24.5 Å². The van der Waals surface area contributed by atoms with Crippen LogP contribution in [0.3, 0.4) is 0 Å². The topological polar surface area (TPSA) is 58.2 Å². The zero-order chi connectivity index (χ0) is 16.8. The van der Waals surface area contributed by atoms with Crippen LogP contribution >= 0.6 is 11.6 Å². The van der Waals surface area contributed by atoms with Crippen molar-refractivity contribution in [2.45, 2.75) is 26.2 Å². The molecule has 5 heteroatoms. The van der Waals surface area contributed by atoms with E-state index < -0.39 is 11.8 Å². The second kappa shape index (κ2) is 7.79. The molecule has 1 unspecified atom stereocenters. The van der Waals surface area contributed by atoms with Gasteiger partial charge < -0.3 is 10.6 Å². The van der Waals surface area contributed by atoms with Crippen molar-refractivity contribution < 1.29 is 9.59 Å². The highest BCUT2D eigenvalue weighted by Crippen LogP contribution is 2.26. The number of para-hydroxylation sites is 1. The quantitative estimate of drug-likeness (QED) is 0.815. The molecule has 23 heavy (non-hydrogen) atoms. The molecule has 0 aliphatic rings. The molecule has 0 aromatic heterocycles. The minimum absolute atomic E-state index is 0.294. The fourth-order valence-corrected chi connectivity index (χ4v) is 2.38. The summed E-state index contributed by atoms with van der Waals surface area (Å²) in [7, 11) is 0. The molecule has 0 spiro atoms. The van der Waals surface area contributed by atoms with Gasteiger partial charge in [0, 0.05) is 16.4 Å². The normalized spacial score (nSPS) is 11.6. The van der Waals surface area contributed by atoms with E-state index in [4.69, 9.17) is 11.6 Å². The number of anilines is 2. The van der Waals surface area contributed by atoms with Gasteiger partial charge in [0.15, 0.2) is 0 Å². The number of carbonyl (C=O) groups excluding carboxylic acids is 2. The number of halogens is 1.